The normalized spacial score (nSPS) is 23.2. The van der Waals surface area contributed by atoms with Crippen LogP contribution in [0.25, 0.3) is 0 Å². The van der Waals surface area contributed by atoms with Gasteiger partial charge in [-0.3, -0.25) is 9.40 Å². The Balaban J connectivity index is 1.73. The van der Waals surface area contributed by atoms with Crippen molar-refractivity contribution in [3.05, 3.63) is 11.9 Å². The average Bonchev–Trinajstić information content (AvgIpc) is 3.17. The van der Waals surface area contributed by atoms with Gasteiger partial charge in [0.1, 0.15) is 0 Å². The van der Waals surface area contributed by atoms with Gasteiger partial charge in [0.25, 0.3) is 0 Å². The molecule has 2 aliphatic rings. The Morgan fingerprint density at radius 1 is 1.32 bits per heavy atom. The number of ether oxygens (including phenoxy) is 1. The van der Waals surface area contributed by atoms with Gasteiger partial charge in [-0.2, -0.15) is 5.10 Å². The van der Waals surface area contributed by atoms with E-state index in [9.17, 15) is 8.42 Å². The molecule has 1 aliphatic carbocycles. The molecular weight excluding hydrogens is 302 g/mol. The molecular formula is C15H25N3O3S. The second kappa shape index (κ2) is 6.58. The first-order valence-electron chi connectivity index (χ1n) is 8.27. The fourth-order valence-corrected chi connectivity index (χ4v) is 4.86. The quantitative estimate of drug-likeness (QED) is 0.871. The molecule has 1 atom stereocenters. The van der Waals surface area contributed by atoms with Crippen LogP contribution >= 0.6 is 0 Å². The van der Waals surface area contributed by atoms with Crippen LogP contribution in [-0.2, 0) is 21.2 Å². The van der Waals surface area contributed by atoms with E-state index >= 15 is 0 Å². The Kier molecular flexibility index (Phi) is 4.73. The maximum absolute atomic E-state index is 12.3. The van der Waals surface area contributed by atoms with Gasteiger partial charge in [0.05, 0.1) is 35.5 Å². The summed E-state index contributed by atoms with van der Waals surface area (Å²) in [6, 6.07) is 0.423. The van der Waals surface area contributed by atoms with E-state index in [1.165, 1.54) is 12.8 Å². The summed E-state index contributed by atoms with van der Waals surface area (Å²) < 4.78 is 34.8. The van der Waals surface area contributed by atoms with Gasteiger partial charge in [0, 0.05) is 6.61 Å². The number of sulfonamides is 1. The lowest BCUT2D eigenvalue weighted by molar-refractivity contribution is 0.127. The standard InChI is InChI=1S/C15H25N3O3S/c1-2-15-14(10-16-18(15)12-6-3-4-7-12)17-22(19,20)11-13-8-5-9-21-13/h10,12-13,17H,2-9,11H2,1H3. The van der Waals surface area contributed by atoms with E-state index in [4.69, 9.17) is 4.74 Å². The Bertz CT molecular complexity index is 600. The van der Waals surface area contributed by atoms with Gasteiger partial charge >= 0.3 is 0 Å². The average molecular weight is 327 g/mol. The molecule has 0 aromatic carbocycles. The first-order valence-corrected chi connectivity index (χ1v) is 9.93. The largest absolute Gasteiger partial charge is 0.377 e. The number of aromatic nitrogens is 2. The molecule has 2 heterocycles. The van der Waals surface area contributed by atoms with Crippen molar-refractivity contribution < 1.29 is 13.2 Å². The van der Waals surface area contributed by atoms with Crippen molar-refractivity contribution in [2.24, 2.45) is 0 Å². The highest BCUT2D eigenvalue weighted by Gasteiger charge is 2.26. The van der Waals surface area contributed by atoms with Crippen LogP contribution in [0.15, 0.2) is 6.20 Å². The van der Waals surface area contributed by atoms with Crippen LogP contribution in [-0.4, -0.2) is 36.7 Å². The van der Waals surface area contributed by atoms with Gasteiger partial charge in [0.15, 0.2) is 0 Å². The molecule has 7 heteroatoms. The molecule has 0 amide bonds. The van der Waals surface area contributed by atoms with Crippen molar-refractivity contribution in [1.29, 1.82) is 0 Å². The van der Waals surface area contributed by atoms with Crippen LogP contribution in [0.4, 0.5) is 5.69 Å². The van der Waals surface area contributed by atoms with Gasteiger partial charge in [-0.15, -0.1) is 0 Å². The number of anilines is 1. The maximum Gasteiger partial charge on any atom is 0.235 e. The third-order valence-corrected chi connectivity index (χ3v) is 5.94. The topological polar surface area (TPSA) is 73.2 Å². The van der Waals surface area contributed by atoms with E-state index in [1.807, 2.05) is 11.6 Å². The lowest BCUT2D eigenvalue weighted by Gasteiger charge is -2.15. The van der Waals surface area contributed by atoms with Crippen LogP contribution in [0.5, 0.6) is 0 Å². The molecule has 0 bridgehead atoms. The Labute approximate surface area is 132 Å². The third-order valence-electron chi connectivity index (χ3n) is 4.60. The van der Waals surface area contributed by atoms with Gasteiger partial charge in [0.2, 0.25) is 10.0 Å². The summed E-state index contributed by atoms with van der Waals surface area (Å²) in [5.41, 5.74) is 1.62. The second-order valence-corrected chi connectivity index (χ2v) is 8.03. The molecule has 1 saturated heterocycles. The van der Waals surface area contributed by atoms with Crippen LogP contribution in [0.3, 0.4) is 0 Å². The summed E-state index contributed by atoms with van der Waals surface area (Å²) in [4.78, 5) is 0. The molecule has 1 N–H and O–H groups in total. The van der Waals surface area contributed by atoms with E-state index < -0.39 is 10.0 Å². The molecule has 0 spiro atoms. The predicted molar refractivity (Wildman–Crippen MR) is 85.5 cm³/mol. The van der Waals surface area contributed by atoms with Crippen molar-refractivity contribution in [3.8, 4) is 0 Å². The lowest BCUT2D eigenvalue weighted by atomic mass is 10.2. The van der Waals surface area contributed by atoms with Crippen LogP contribution in [0, 0.1) is 0 Å². The summed E-state index contributed by atoms with van der Waals surface area (Å²) in [5.74, 6) is 0.0325. The summed E-state index contributed by atoms with van der Waals surface area (Å²) in [6.45, 7) is 2.71. The minimum absolute atomic E-state index is 0.0325. The minimum atomic E-state index is -3.39. The molecule has 124 valence electrons. The monoisotopic (exact) mass is 327 g/mol. The summed E-state index contributed by atoms with van der Waals surface area (Å²) in [7, 11) is -3.39. The molecule has 2 fully saturated rings. The molecule has 6 nitrogen and oxygen atoms in total. The molecule has 3 rings (SSSR count). The van der Waals surface area contributed by atoms with Crippen molar-refractivity contribution in [2.75, 3.05) is 17.1 Å². The molecule has 1 saturated carbocycles. The fraction of sp³-hybridized carbons (Fsp3) is 0.800. The number of rotatable bonds is 6. The SMILES string of the molecule is CCc1c(NS(=O)(=O)CC2CCCO2)cnn1C1CCCC1. The van der Waals surface area contributed by atoms with Crippen molar-refractivity contribution in [2.45, 2.75) is 64.0 Å². The zero-order valence-electron chi connectivity index (χ0n) is 13.1. The first kappa shape index (κ1) is 15.8. The minimum Gasteiger partial charge on any atom is -0.377 e. The number of hydrogen-bond donors (Lipinski definition) is 1. The summed E-state index contributed by atoms with van der Waals surface area (Å²) in [5, 5.41) is 4.44. The van der Waals surface area contributed by atoms with Crippen LogP contribution in [0.2, 0.25) is 0 Å². The Hall–Kier alpha value is -1.08. The van der Waals surface area contributed by atoms with Crippen molar-refractivity contribution in [1.82, 2.24) is 9.78 Å². The summed E-state index contributed by atoms with van der Waals surface area (Å²) in [6.07, 6.45) is 8.75. The van der Waals surface area contributed by atoms with Gasteiger partial charge in [-0.25, -0.2) is 8.42 Å². The first-order chi connectivity index (χ1) is 10.6. The zero-order chi connectivity index (χ0) is 15.6. The molecule has 0 radical (unpaired) electrons. The van der Waals surface area contributed by atoms with Crippen LogP contribution < -0.4 is 4.72 Å². The highest BCUT2D eigenvalue weighted by Crippen LogP contribution is 2.32. The van der Waals surface area contributed by atoms with E-state index in [0.29, 0.717) is 18.3 Å². The van der Waals surface area contributed by atoms with E-state index in [1.54, 1.807) is 6.20 Å². The predicted octanol–water partition coefficient (Wildman–Crippen LogP) is 2.48. The van der Waals surface area contributed by atoms with Gasteiger partial charge < -0.3 is 4.74 Å². The van der Waals surface area contributed by atoms with Crippen molar-refractivity contribution >= 4 is 15.7 Å². The van der Waals surface area contributed by atoms with Gasteiger partial charge in [-0.1, -0.05) is 19.8 Å². The van der Waals surface area contributed by atoms with E-state index in [2.05, 4.69) is 9.82 Å². The van der Waals surface area contributed by atoms with Crippen LogP contribution in [0.1, 0.15) is 57.2 Å². The van der Waals surface area contributed by atoms with E-state index in [0.717, 1.165) is 37.8 Å². The molecule has 22 heavy (non-hydrogen) atoms. The zero-order valence-corrected chi connectivity index (χ0v) is 13.9. The Morgan fingerprint density at radius 2 is 2.09 bits per heavy atom. The molecule has 1 aromatic rings. The summed E-state index contributed by atoms with van der Waals surface area (Å²) >= 11 is 0. The van der Waals surface area contributed by atoms with Crippen molar-refractivity contribution in [3.63, 3.8) is 0 Å². The lowest BCUT2D eigenvalue weighted by Crippen LogP contribution is -2.26. The molecule has 1 unspecified atom stereocenters. The number of nitrogens with zero attached hydrogens (tertiary/aromatic N) is 2. The van der Waals surface area contributed by atoms with E-state index in [-0.39, 0.29) is 11.9 Å². The molecule has 1 aliphatic heterocycles. The second-order valence-electron chi connectivity index (χ2n) is 6.26. The third kappa shape index (κ3) is 3.46. The smallest absolute Gasteiger partial charge is 0.235 e. The highest BCUT2D eigenvalue weighted by atomic mass is 32.2. The molecule has 1 aromatic heterocycles. The highest BCUT2D eigenvalue weighted by molar-refractivity contribution is 7.92. The number of hydrogen-bond acceptors (Lipinski definition) is 4. The maximum atomic E-state index is 12.3. The van der Waals surface area contributed by atoms with Gasteiger partial charge in [-0.05, 0) is 32.1 Å². The number of nitrogens with one attached hydrogen (secondary N) is 1. The fourth-order valence-electron chi connectivity index (χ4n) is 3.52. The Morgan fingerprint density at radius 3 is 2.73 bits per heavy atom.